The Bertz CT molecular complexity index is 1540. The number of benzene rings is 3. The number of rotatable bonds is 6. The molecule has 1 aliphatic rings. The van der Waals surface area contributed by atoms with Crippen LogP contribution in [0, 0.1) is 0 Å². The van der Waals surface area contributed by atoms with Crippen LogP contribution in [0.2, 0.25) is 5.02 Å². The van der Waals surface area contributed by atoms with Crippen molar-refractivity contribution < 1.29 is 9.47 Å². The summed E-state index contributed by atoms with van der Waals surface area (Å²) in [5.74, 6) is 2.34. The van der Waals surface area contributed by atoms with Crippen LogP contribution in [0.15, 0.2) is 85.1 Å². The summed E-state index contributed by atoms with van der Waals surface area (Å²) in [6.45, 7) is 3.28. The predicted molar refractivity (Wildman–Crippen MR) is 157 cm³/mol. The summed E-state index contributed by atoms with van der Waals surface area (Å²) in [5.41, 5.74) is 5.83. The molecule has 3 aromatic carbocycles. The molecule has 39 heavy (non-hydrogen) atoms. The summed E-state index contributed by atoms with van der Waals surface area (Å²) in [7, 11) is 3.34. The fraction of sp³-hybridized carbons (Fsp3) is 0.194. The zero-order valence-corrected chi connectivity index (χ0v) is 22.6. The van der Waals surface area contributed by atoms with Gasteiger partial charge in [-0.25, -0.2) is 9.97 Å². The van der Waals surface area contributed by atoms with E-state index in [1.807, 2.05) is 72.9 Å². The van der Waals surface area contributed by atoms with Crippen LogP contribution in [0.3, 0.4) is 0 Å². The lowest BCUT2D eigenvalue weighted by molar-refractivity contribution is 0.415. The largest absolute Gasteiger partial charge is 0.497 e. The van der Waals surface area contributed by atoms with Gasteiger partial charge in [-0.1, -0.05) is 11.6 Å². The monoisotopic (exact) mass is 537 g/mol. The highest BCUT2D eigenvalue weighted by molar-refractivity contribution is 6.31. The third kappa shape index (κ3) is 5.18. The fourth-order valence-corrected chi connectivity index (χ4v) is 5.09. The van der Waals surface area contributed by atoms with Gasteiger partial charge in [-0.05, 0) is 78.9 Å². The van der Waals surface area contributed by atoms with Crippen LogP contribution in [0.1, 0.15) is 0 Å². The fourth-order valence-electron chi connectivity index (χ4n) is 4.92. The average molecular weight is 538 g/mol. The maximum absolute atomic E-state index is 6.20. The molecule has 0 N–H and O–H groups in total. The molecule has 2 aromatic heterocycles. The standard InChI is InChI=1S/C31H28ClN5O2/c1-38-24-8-3-21(4-9-24)27-20-28(22-5-10-25(39-2)11-6-22)35-31(34-27)37-17-15-36(16-18-37)30-13-14-33-29-19-23(32)7-12-26(29)30/h3-14,19-20H,15-18H2,1-2H3. The first-order chi connectivity index (χ1) is 19.1. The van der Waals surface area contributed by atoms with E-state index >= 15 is 0 Å². The first kappa shape index (κ1) is 24.9. The average Bonchev–Trinajstić information content (AvgIpc) is 3.00. The van der Waals surface area contributed by atoms with Gasteiger partial charge in [0.2, 0.25) is 5.95 Å². The van der Waals surface area contributed by atoms with Crippen molar-refractivity contribution in [1.29, 1.82) is 0 Å². The number of nitrogens with zero attached hydrogens (tertiary/aromatic N) is 5. The second kappa shape index (κ2) is 10.8. The number of pyridine rings is 1. The minimum atomic E-state index is 0.693. The second-order valence-corrected chi connectivity index (χ2v) is 9.80. The summed E-state index contributed by atoms with van der Waals surface area (Å²) < 4.78 is 10.7. The van der Waals surface area contributed by atoms with Crippen molar-refractivity contribution in [1.82, 2.24) is 15.0 Å². The van der Waals surface area contributed by atoms with Gasteiger partial charge in [0.15, 0.2) is 0 Å². The molecule has 3 heterocycles. The molecule has 0 atom stereocenters. The first-order valence-electron chi connectivity index (χ1n) is 12.8. The Kier molecular flexibility index (Phi) is 6.90. The molecule has 0 bridgehead atoms. The lowest BCUT2D eigenvalue weighted by Crippen LogP contribution is -2.47. The molecule has 0 radical (unpaired) electrons. The summed E-state index contributed by atoms with van der Waals surface area (Å²) in [4.78, 5) is 19.2. The minimum absolute atomic E-state index is 0.693. The molecule has 1 saturated heterocycles. The molecule has 0 aliphatic carbocycles. The maximum atomic E-state index is 6.20. The number of piperazine rings is 1. The van der Waals surface area contributed by atoms with Crippen LogP contribution in [0.5, 0.6) is 11.5 Å². The molecular weight excluding hydrogens is 510 g/mol. The van der Waals surface area contributed by atoms with Crippen LogP contribution < -0.4 is 19.3 Å². The van der Waals surface area contributed by atoms with Crippen molar-refractivity contribution in [2.45, 2.75) is 0 Å². The van der Waals surface area contributed by atoms with E-state index < -0.39 is 0 Å². The van der Waals surface area contributed by atoms with Crippen molar-refractivity contribution in [3.63, 3.8) is 0 Å². The van der Waals surface area contributed by atoms with Gasteiger partial charge in [-0.2, -0.15) is 0 Å². The minimum Gasteiger partial charge on any atom is -0.497 e. The topological polar surface area (TPSA) is 63.6 Å². The van der Waals surface area contributed by atoms with E-state index in [9.17, 15) is 0 Å². The molecular formula is C31H28ClN5O2. The Hall–Kier alpha value is -4.36. The van der Waals surface area contributed by atoms with E-state index in [4.69, 9.17) is 31.0 Å². The number of anilines is 2. The van der Waals surface area contributed by atoms with E-state index in [1.54, 1.807) is 14.2 Å². The van der Waals surface area contributed by atoms with E-state index in [1.165, 1.54) is 5.69 Å². The summed E-state index contributed by atoms with van der Waals surface area (Å²) in [6.07, 6.45) is 1.85. The lowest BCUT2D eigenvalue weighted by Gasteiger charge is -2.36. The molecule has 0 spiro atoms. The van der Waals surface area contributed by atoms with Crippen LogP contribution in [0.4, 0.5) is 11.6 Å². The van der Waals surface area contributed by atoms with Gasteiger partial charge in [-0.3, -0.25) is 4.98 Å². The van der Waals surface area contributed by atoms with Gasteiger partial charge in [0.25, 0.3) is 0 Å². The molecule has 7 nitrogen and oxygen atoms in total. The summed E-state index contributed by atoms with van der Waals surface area (Å²) in [6, 6.07) is 25.9. The van der Waals surface area contributed by atoms with Crippen LogP contribution in [-0.2, 0) is 0 Å². The number of hydrogen-bond acceptors (Lipinski definition) is 7. The number of aromatic nitrogens is 3. The normalized spacial score (nSPS) is 13.5. The number of halogens is 1. The Labute approximate surface area is 232 Å². The van der Waals surface area contributed by atoms with Crippen LogP contribution in [0.25, 0.3) is 33.4 Å². The quantitative estimate of drug-likeness (QED) is 0.250. The maximum Gasteiger partial charge on any atom is 0.226 e. The predicted octanol–water partition coefficient (Wildman–Crippen LogP) is 6.36. The van der Waals surface area contributed by atoms with Gasteiger partial charge >= 0.3 is 0 Å². The van der Waals surface area contributed by atoms with Gasteiger partial charge in [0.1, 0.15) is 11.5 Å². The Balaban J connectivity index is 1.31. The number of hydrogen-bond donors (Lipinski definition) is 0. The molecule has 0 amide bonds. The molecule has 1 aliphatic heterocycles. The lowest BCUT2D eigenvalue weighted by atomic mass is 10.1. The van der Waals surface area contributed by atoms with Crippen molar-refractivity contribution in [3.8, 4) is 34.0 Å². The summed E-state index contributed by atoms with van der Waals surface area (Å²) >= 11 is 6.20. The second-order valence-electron chi connectivity index (χ2n) is 9.36. The molecule has 8 heteroatoms. The van der Waals surface area contributed by atoms with Crippen LogP contribution >= 0.6 is 11.6 Å². The molecule has 196 valence electrons. The molecule has 5 aromatic rings. The van der Waals surface area contributed by atoms with Gasteiger partial charge in [0, 0.05) is 59.6 Å². The molecule has 0 saturated carbocycles. The van der Waals surface area contributed by atoms with Gasteiger partial charge in [-0.15, -0.1) is 0 Å². The van der Waals surface area contributed by atoms with E-state index in [0.717, 1.165) is 77.0 Å². The zero-order chi connectivity index (χ0) is 26.8. The van der Waals surface area contributed by atoms with Crippen LogP contribution in [-0.4, -0.2) is 55.4 Å². The Morgan fingerprint density at radius 3 is 1.79 bits per heavy atom. The third-order valence-corrected chi connectivity index (χ3v) is 7.31. The number of ether oxygens (including phenoxy) is 2. The molecule has 1 fully saturated rings. The van der Waals surface area contributed by atoms with Crippen molar-refractivity contribution in [3.05, 3.63) is 90.1 Å². The number of methoxy groups -OCH3 is 2. The van der Waals surface area contributed by atoms with E-state index in [0.29, 0.717) is 5.02 Å². The Morgan fingerprint density at radius 1 is 0.667 bits per heavy atom. The first-order valence-corrected chi connectivity index (χ1v) is 13.2. The van der Waals surface area contributed by atoms with Crippen molar-refractivity contribution in [2.24, 2.45) is 0 Å². The van der Waals surface area contributed by atoms with Crippen molar-refractivity contribution >= 4 is 34.1 Å². The number of fused-ring (bicyclic) bond motifs is 1. The molecule has 0 unspecified atom stereocenters. The summed E-state index contributed by atoms with van der Waals surface area (Å²) in [5, 5.41) is 1.80. The van der Waals surface area contributed by atoms with Gasteiger partial charge in [0.05, 0.1) is 31.1 Å². The van der Waals surface area contributed by atoms with E-state index in [-0.39, 0.29) is 0 Å². The van der Waals surface area contributed by atoms with E-state index in [2.05, 4.69) is 26.9 Å². The SMILES string of the molecule is COc1ccc(-c2cc(-c3ccc(OC)cc3)nc(N3CCN(c4ccnc5cc(Cl)ccc45)CC3)n2)cc1. The highest BCUT2D eigenvalue weighted by atomic mass is 35.5. The molecule has 6 rings (SSSR count). The highest BCUT2D eigenvalue weighted by Crippen LogP contribution is 2.31. The van der Waals surface area contributed by atoms with Crippen molar-refractivity contribution in [2.75, 3.05) is 50.2 Å². The zero-order valence-electron chi connectivity index (χ0n) is 21.8. The highest BCUT2D eigenvalue weighted by Gasteiger charge is 2.22. The third-order valence-electron chi connectivity index (χ3n) is 7.07. The van der Waals surface area contributed by atoms with Gasteiger partial charge < -0.3 is 19.3 Å². The smallest absolute Gasteiger partial charge is 0.226 e. The Morgan fingerprint density at radius 2 is 1.23 bits per heavy atom.